The number of thioether (sulfide) groups is 1. The molecule has 1 aromatic heterocycles. The first-order chi connectivity index (χ1) is 26.1. The number of hydrogen-bond acceptors (Lipinski definition) is 16. The lowest BCUT2D eigenvalue weighted by Gasteiger charge is -2.28. The Bertz CT molecular complexity index is 1870. The molecule has 6 atom stereocenters. The van der Waals surface area contributed by atoms with Gasteiger partial charge in [-0.2, -0.15) is 9.88 Å². The van der Waals surface area contributed by atoms with Crippen LogP contribution in [0.5, 0.6) is 11.5 Å². The molecule has 0 bridgehead atoms. The SMILES string of the molecule is COC(=O)[C@H](C)NP(=O)(O)OOc1ccc(C)cc1OC[C@H]1S[C@@H](n2ccc(N(C(=O)OC(C)(C)C)C(=O)OC(C)(C)C)nc2=O)[C@@H](F)[C@@H]1OC(=O)OC(C)(C)C. The van der Waals surface area contributed by atoms with E-state index in [1.807, 2.05) is 0 Å². The van der Waals surface area contributed by atoms with Crippen molar-refractivity contribution < 1.29 is 71.0 Å². The third-order valence-corrected chi connectivity index (χ3v) is 9.51. The van der Waals surface area contributed by atoms with Crippen LogP contribution < -0.4 is 25.3 Å². The van der Waals surface area contributed by atoms with Crippen molar-refractivity contribution in [2.24, 2.45) is 0 Å². The van der Waals surface area contributed by atoms with Crippen molar-refractivity contribution in [3.05, 3.63) is 46.5 Å². The number of halogens is 1. The fraction of sp³-hybridized carbons (Fsp3) is 0.600. The number of aromatic nitrogens is 2. The molecule has 57 heavy (non-hydrogen) atoms. The molecule has 22 heteroatoms. The van der Waals surface area contributed by atoms with Gasteiger partial charge in [-0.25, -0.2) is 33.2 Å². The molecule has 1 aliphatic rings. The topological polar surface area (TPSA) is 230 Å². The summed E-state index contributed by atoms with van der Waals surface area (Å²) in [7, 11) is -3.64. The standard InChI is InChI=1S/C35H50FN4O15PS/c1-19-13-14-21(54-55-56(46,47)38-20(2)28(41)48-12)22(17-19)49-18-23-26(50-32(45)53-35(9,10)11)25(36)27(57-23)39-16-15-24(37-29(39)42)40(30(43)51-33(3,4)5)31(44)52-34(6,7)8/h13-17,20,23,25-27H,18H2,1-12H3,(H2,38,46,47)/t20-,23+,25-,26+,27+/m0/s1. The number of nitrogens with zero attached hydrogens (tertiary/aromatic N) is 3. The van der Waals surface area contributed by atoms with E-state index in [4.69, 9.17) is 33.2 Å². The molecular weight excluding hydrogens is 798 g/mol. The molecule has 0 saturated carbocycles. The number of benzene rings is 1. The summed E-state index contributed by atoms with van der Waals surface area (Å²) in [5.74, 6) is -1.54. The van der Waals surface area contributed by atoms with Crippen LogP contribution in [0.4, 0.5) is 24.6 Å². The first-order valence-corrected chi connectivity index (χ1v) is 19.9. The number of ether oxygens (including phenoxy) is 6. The highest BCUT2D eigenvalue weighted by atomic mass is 32.2. The van der Waals surface area contributed by atoms with Crippen molar-refractivity contribution in [1.29, 1.82) is 0 Å². The summed E-state index contributed by atoms with van der Waals surface area (Å²) in [4.78, 5) is 83.9. The quantitative estimate of drug-likeness (QED) is 0.0803. The molecule has 1 aromatic carbocycles. The summed E-state index contributed by atoms with van der Waals surface area (Å²) < 4.78 is 66.5. The van der Waals surface area contributed by atoms with E-state index in [0.717, 1.165) is 35.7 Å². The lowest BCUT2D eigenvalue weighted by atomic mass is 10.1. The molecule has 1 saturated heterocycles. The Kier molecular flexibility index (Phi) is 15.2. The van der Waals surface area contributed by atoms with Crippen molar-refractivity contribution in [2.45, 2.75) is 122 Å². The molecule has 0 spiro atoms. The van der Waals surface area contributed by atoms with Crippen LogP contribution >= 0.6 is 19.5 Å². The summed E-state index contributed by atoms with van der Waals surface area (Å²) in [6.07, 6.45) is -6.10. The highest BCUT2D eigenvalue weighted by Gasteiger charge is 2.50. The zero-order valence-corrected chi connectivity index (χ0v) is 35.4. The fourth-order valence-electron chi connectivity index (χ4n) is 4.73. The van der Waals surface area contributed by atoms with Crippen molar-refractivity contribution >= 4 is 49.6 Å². The number of carbonyl (C=O) groups excluding carboxylic acids is 4. The number of alkyl halides is 1. The number of nitrogens with one attached hydrogen (secondary N) is 1. The summed E-state index contributed by atoms with van der Waals surface area (Å²) in [5.41, 5.74) is -3.54. The number of imide groups is 1. The van der Waals surface area contributed by atoms with Crippen LogP contribution in [-0.2, 0) is 37.7 Å². The van der Waals surface area contributed by atoms with E-state index >= 15 is 4.39 Å². The third kappa shape index (κ3) is 14.2. The van der Waals surface area contributed by atoms with Gasteiger partial charge in [0, 0.05) is 6.20 Å². The molecule has 0 aliphatic carbocycles. The Morgan fingerprint density at radius 3 is 2.09 bits per heavy atom. The normalized spacial score (nSPS) is 20.0. The predicted molar refractivity (Wildman–Crippen MR) is 203 cm³/mol. The molecule has 1 unspecified atom stereocenters. The highest BCUT2D eigenvalue weighted by molar-refractivity contribution is 8.00. The van der Waals surface area contributed by atoms with Gasteiger partial charge in [0.25, 0.3) is 0 Å². The van der Waals surface area contributed by atoms with E-state index in [2.05, 4.69) is 14.8 Å². The zero-order valence-electron chi connectivity index (χ0n) is 33.7. The van der Waals surface area contributed by atoms with Crippen LogP contribution in [0, 0.1) is 6.92 Å². The van der Waals surface area contributed by atoms with Crippen LogP contribution in [0.3, 0.4) is 0 Å². The minimum Gasteiger partial charge on any atom is -0.488 e. The van der Waals surface area contributed by atoms with E-state index in [-0.39, 0.29) is 11.5 Å². The molecule has 318 valence electrons. The van der Waals surface area contributed by atoms with Crippen LogP contribution in [0.25, 0.3) is 0 Å². The molecular formula is C35H50FN4O15PS. The number of esters is 1. The van der Waals surface area contributed by atoms with Gasteiger partial charge in [0.1, 0.15) is 34.8 Å². The maximum Gasteiger partial charge on any atom is 0.509 e. The van der Waals surface area contributed by atoms with Gasteiger partial charge >= 0.3 is 37.7 Å². The number of amides is 2. The Hall–Kier alpha value is -4.43. The minimum absolute atomic E-state index is 0.0425. The van der Waals surface area contributed by atoms with Gasteiger partial charge in [-0.3, -0.25) is 9.36 Å². The van der Waals surface area contributed by atoms with Crippen LogP contribution in [0.2, 0.25) is 0 Å². The predicted octanol–water partition coefficient (Wildman–Crippen LogP) is 6.14. The van der Waals surface area contributed by atoms with E-state index < -0.39 is 95.9 Å². The fourth-order valence-corrected chi connectivity index (χ4v) is 7.01. The molecule has 2 amide bonds. The summed E-state index contributed by atoms with van der Waals surface area (Å²) >= 11 is 0.838. The Labute approximate surface area is 333 Å². The first kappa shape index (κ1) is 46.9. The Morgan fingerprint density at radius 1 is 0.982 bits per heavy atom. The number of aryl methyl sites for hydroxylation is 1. The lowest BCUT2D eigenvalue weighted by molar-refractivity contribution is -0.143. The van der Waals surface area contributed by atoms with Gasteiger partial charge < -0.3 is 38.2 Å². The second kappa shape index (κ2) is 18.4. The Balaban J connectivity index is 1.94. The zero-order chi connectivity index (χ0) is 43.3. The third-order valence-electron chi connectivity index (χ3n) is 7.00. The average molecular weight is 849 g/mol. The number of methoxy groups -OCH3 is 1. The maximum absolute atomic E-state index is 16.5. The van der Waals surface area contributed by atoms with Crippen molar-refractivity contribution in [2.75, 3.05) is 18.6 Å². The van der Waals surface area contributed by atoms with Crippen molar-refractivity contribution in [3.63, 3.8) is 0 Å². The Morgan fingerprint density at radius 2 is 1.56 bits per heavy atom. The monoisotopic (exact) mass is 848 g/mol. The van der Waals surface area contributed by atoms with Gasteiger partial charge in [0.2, 0.25) is 5.75 Å². The van der Waals surface area contributed by atoms with Crippen LogP contribution in [0.1, 0.15) is 80.2 Å². The molecule has 2 heterocycles. The summed E-state index contributed by atoms with van der Waals surface area (Å²) in [6, 6.07) is 4.29. The minimum atomic E-state index is -4.74. The van der Waals surface area contributed by atoms with Gasteiger partial charge in [-0.05, 0) is 99.9 Å². The van der Waals surface area contributed by atoms with Crippen molar-refractivity contribution in [3.8, 4) is 11.5 Å². The second-order valence-corrected chi connectivity index (χ2v) is 18.5. The highest BCUT2D eigenvalue weighted by Crippen LogP contribution is 2.46. The van der Waals surface area contributed by atoms with Crippen molar-refractivity contribution in [1.82, 2.24) is 14.6 Å². The molecule has 2 N–H and O–H groups in total. The average Bonchev–Trinajstić information content (AvgIpc) is 3.33. The first-order valence-electron chi connectivity index (χ1n) is 17.4. The van der Waals surface area contributed by atoms with E-state index in [1.165, 1.54) is 19.1 Å². The molecule has 1 fully saturated rings. The number of anilines is 1. The van der Waals surface area contributed by atoms with E-state index in [1.54, 1.807) is 75.3 Å². The molecule has 3 rings (SSSR count). The van der Waals surface area contributed by atoms with Gasteiger partial charge in [-0.1, -0.05) is 10.7 Å². The van der Waals surface area contributed by atoms with Gasteiger partial charge in [0.05, 0.1) is 12.4 Å². The van der Waals surface area contributed by atoms with Gasteiger partial charge in [-0.15, -0.1) is 11.8 Å². The second-order valence-electron chi connectivity index (χ2n) is 15.6. The molecule has 0 radical (unpaired) electrons. The molecule has 1 aliphatic heterocycles. The largest absolute Gasteiger partial charge is 0.509 e. The number of rotatable bonds is 12. The number of hydrogen-bond donors (Lipinski definition) is 2. The maximum atomic E-state index is 16.5. The lowest BCUT2D eigenvalue weighted by Crippen LogP contribution is -2.45. The summed E-state index contributed by atoms with van der Waals surface area (Å²) in [6.45, 7) is 16.7. The van der Waals surface area contributed by atoms with Gasteiger partial charge in [0.15, 0.2) is 23.8 Å². The van der Waals surface area contributed by atoms with Crippen LogP contribution in [0.15, 0.2) is 35.3 Å². The van der Waals surface area contributed by atoms with Crippen LogP contribution in [-0.4, -0.2) is 92.8 Å². The number of carbonyl (C=O) groups is 4. The smallest absolute Gasteiger partial charge is 0.488 e. The van der Waals surface area contributed by atoms with E-state index in [9.17, 15) is 33.4 Å². The molecule has 19 nitrogen and oxygen atoms in total. The summed E-state index contributed by atoms with van der Waals surface area (Å²) in [5, 5.41) is -0.375. The molecule has 2 aromatic rings. The van der Waals surface area contributed by atoms with E-state index in [0.29, 0.717) is 10.5 Å².